The van der Waals surface area contributed by atoms with Gasteiger partial charge in [0.1, 0.15) is 9.71 Å². The normalized spacial score (nSPS) is 10.9. The van der Waals surface area contributed by atoms with Gasteiger partial charge in [0.05, 0.1) is 11.4 Å². The maximum atomic E-state index is 12.6. The average Bonchev–Trinajstić information content (AvgIpc) is 3.08. The lowest BCUT2D eigenvalue weighted by Crippen LogP contribution is -2.14. The third-order valence-corrected chi connectivity index (χ3v) is 6.27. The van der Waals surface area contributed by atoms with Gasteiger partial charge in [-0.1, -0.05) is 58.4 Å². The molecule has 0 aliphatic carbocycles. The summed E-state index contributed by atoms with van der Waals surface area (Å²) in [6.07, 6.45) is 0. The number of nitrogens with zero attached hydrogens (tertiary/aromatic N) is 1. The number of ether oxygens (including phenoxy) is 1. The number of aryl methyl sites for hydroxylation is 1. The number of carbonyl (C=O) groups is 2. The average molecular weight is 481 g/mol. The van der Waals surface area contributed by atoms with Crippen molar-refractivity contribution < 1.29 is 14.3 Å². The minimum Gasteiger partial charge on any atom is -0.453 e. The number of ketones is 1. The van der Waals surface area contributed by atoms with Crippen LogP contribution in [0.5, 0.6) is 0 Å². The summed E-state index contributed by atoms with van der Waals surface area (Å²) in [6, 6.07) is 18.6. The first kappa shape index (κ1) is 20.3. The Morgan fingerprint density at radius 2 is 1.80 bits per heavy atom. The van der Waals surface area contributed by atoms with E-state index in [4.69, 9.17) is 15.5 Å². The van der Waals surface area contributed by atoms with Crippen LogP contribution in [0.3, 0.4) is 0 Å². The molecule has 4 rings (SSSR count). The third-order valence-electron chi connectivity index (χ3n) is 4.64. The number of hydrogen-bond donors (Lipinski definition) is 1. The fourth-order valence-corrected chi connectivity index (χ4v) is 4.33. The van der Waals surface area contributed by atoms with Gasteiger partial charge in [0.2, 0.25) is 0 Å². The maximum Gasteiger partial charge on any atom is 0.350 e. The molecule has 0 atom stereocenters. The molecule has 0 saturated heterocycles. The van der Waals surface area contributed by atoms with Crippen molar-refractivity contribution in [1.29, 1.82) is 0 Å². The third kappa shape index (κ3) is 3.99. The molecule has 0 aliphatic heterocycles. The van der Waals surface area contributed by atoms with Crippen LogP contribution >= 0.6 is 27.3 Å². The zero-order chi connectivity index (χ0) is 21.3. The van der Waals surface area contributed by atoms with Gasteiger partial charge in [-0.2, -0.15) is 0 Å². The van der Waals surface area contributed by atoms with Crippen LogP contribution in [0.15, 0.2) is 65.1 Å². The summed E-state index contributed by atoms with van der Waals surface area (Å²) in [5.41, 5.74) is 9.81. The van der Waals surface area contributed by atoms with Crippen molar-refractivity contribution in [3.8, 4) is 11.3 Å². The molecule has 2 aromatic carbocycles. The smallest absolute Gasteiger partial charge is 0.350 e. The molecule has 2 aromatic heterocycles. The van der Waals surface area contributed by atoms with Crippen LogP contribution in [0.4, 0.5) is 5.69 Å². The molecule has 7 heteroatoms. The Balaban J connectivity index is 1.58. The monoisotopic (exact) mass is 480 g/mol. The maximum absolute atomic E-state index is 12.6. The highest BCUT2D eigenvalue weighted by molar-refractivity contribution is 9.10. The summed E-state index contributed by atoms with van der Waals surface area (Å²) in [5.74, 6) is -0.907. The van der Waals surface area contributed by atoms with E-state index in [-0.39, 0.29) is 17.3 Å². The number of thiophene rings is 1. The Morgan fingerprint density at radius 1 is 1.10 bits per heavy atom. The van der Waals surface area contributed by atoms with Gasteiger partial charge in [-0.05, 0) is 30.7 Å². The lowest BCUT2D eigenvalue weighted by Gasteiger charge is -2.05. The van der Waals surface area contributed by atoms with E-state index in [0.29, 0.717) is 21.5 Å². The van der Waals surface area contributed by atoms with Crippen molar-refractivity contribution in [1.82, 2.24) is 4.98 Å². The zero-order valence-electron chi connectivity index (χ0n) is 16.0. The van der Waals surface area contributed by atoms with Gasteiger partial charge in [0.15, 0.2) is 12.4 Å². The first-order valence-corrected chi connectivity index (χ1v) is 10.8. The van der Waals surface area contributed by atoms with E-state index in [0.717, 1.165) is 21.3 Å². The zero-order valence-corrected chi connectivity index (χ0v) is 18.4. The van der Waals surface area contributed by atoms with Crippen LogP contribution < -0.4 is 5.73 Å². The van der Waals surface area contributed by atoms with Gasteiger partial charge in [0, 0.05) is 21.0 Å². The molecule has 30 heavy (non-hydrogen) atoms. The Hall–Kier alpha value is -3.03. The van der Waals surface area contributed by atoms with Crippen molar-refractivity contribution in [3.05, 3.63) is 81.1 Å². The van der Waals surface area contributed by atoms with E-state index >= 15 is 0 Å². The van der Waals surface area contributed by atoms with E-state index in [1.807, 2.05) is 43.3 Å². The number of aromatic nitrogens is 1. The highest BCUT2D eigenvalue weighted by Gasteiger charge is 2.21. The van der Waals surface area contributed by atoms with Gasteiger partial charge in [-0.15, -0.1) is 11.3 Å². The summed E-state index contributed by atoms with van der Waals surface area (Å²) in [4.78, 5) is 30.5. The SMILES string of the molecule is Cc1cc2c(N)c(C(=O)OCC(=O)c3ccc(Br)cc3)sc2nc1-c1ccccc1. The Kier molecular flexibility index (Phi) is 5.65. The first-order valence-electron chi connectivity index (χ1n) is 9.15. The number of Topliss-reactive ketones (excluding diaryl/α,β-unsaturated/α-hetero) is 1. The van der Waals surface area contributed by atoms with Crippen molar-refractivity contribution in [3.63, 3.8) is 0 Å². The number of carbonyl (C=O) groups excluding carboxylic acids is 2. The largest absolute Gasteiger partial charge is 0.453 e. The lowest BCUT2D eigenvalue weighted by atomic mass is 10.1. The minimum atomic E-state index is -0.625. The van der Waals surface area contributed by atoms with E-state index in [9.17, 15) is 9.59 Å². The molecule has 2 N–H and O–H groups in total. The topological polar surface area (TPSA) is 82.3 Å². The number of rotatable bonds is 5. The molecule has 0 spiro atoms. The highest BCUT2D eigenvalue weighted by atomic mass is 79.9. The predicted molar refractivity (Wildman–Crippen MR) is 123 cm³/mol. The lowest BCUT2D eigenvalue weighted by molar-refractivity contribution is 0.0480. The molecular formula is C23H17BrN2O3S. The molecule has 2 heterocycles. The van der Waals surface area contributed by atoms with E-state index < -0.39 is 5.97 Å². The molecule has 4 aromatic rings. The number of nitrogens with two attached hydrogens (primary N) is 1. The Morgan fingerprint density at radius 3 is 2.50 bits per heavy atom. The summed E-state index contributed by atoms with van der Waals surface area (Å²) in [6.45, 7) is 1.61. The van der Waals surface area contributed by atoms with Crippen LogP contribution in [0, 0.1) is 6.92 Å². The molecule has 0 fully saturated rings. The molecule has 0 saturated carbocycles. The van der Waals surface area contributed by atoms with Crippen LogP contribution in [-0.4, -0.2) is 23.3 Å². The quantitative estimate of drug-likeness (QED) is 0.294. The molecular weight excluding hydrogens is 464 g/mol. The van der Waals surface area contributed by atoms with Crippen molar-refractivity contribution >= 4 is 54.9 Å². The van der Waals surface area contributed by atoms with Crippen LogP contribution in [0.25, 0.3) is 21.5 Å². The van der Waals surface area contributed by atoms with Gasteiger partial charge >= 0.3 is 5.97 Å². The Bertz CT molecular complexity index is 1250. The molecule has 0 aliphatic rings. The molecule has 0 bridgehead atoms. The number of anilines is 1. The van der Waals surface area contributed by atoms with Crippen LogP contribution in [-0.2, 0) is 4.74 Å². The summed E-state index contributed by atoms with van der Waals surface area (Å²) in [7, 11) is 0. The number of fused-ring (bicyclic) bond motifs is 1. The Labute approximate surface area is 185 Å². The van der Waals surface area contributed by atoms with Gasteiger partial charge < -0.3 is 10.5 Å². The summed E-state index contributed by atoms with van der Waals surface area (Å²) >= 11 is 4.49. The van der Waals surface area contributed by atoms with E-state index in [1.165, 1.54) is 11.3 Å². The predicted octanol–water partition coefficient (Wildman–Crippen LogP) is 5.66. The standard InChI is InChI=1S/C23H17BrN2O3S/c1-13-11-17-19(25)21(30-22(17)26-20(13)15-5-3-2-4-6-15)23(28)29-12-18(27)14-7-9-16(24)10-8-14/h2-11H,12,25H2,1H3. The fraction of sp³-hybridized carbons (Fsp3) is 0.0870. The second-order valence-electron chi connectivity index (χ2n) is 6.72. The summed E-state index contributed by atoms with van der Waals surface area (Å²) < 4.78 is 6.10. The number of benzene rings is 2. The number of nitrogen functional groups attached to an aromatic ring is 1. The second-order valence-corrected chi connectivity index (χ2v) is 8.64. The number of halogens is 1. The number of esters is 1. The van der Waals surface area contributed by atoms with Crippen molar-refractivity contribution in [2.75, 3.05) is 12.3 Å². The molecule has 0 radical (unpaired) electrons. The van der Waals surface area contributed by atoms with Gasteiger partial charge in [-0.25, -0.2) is 9.78 Å². The number of pyridine rings is 1. The highest BCUT2D eigenvalue weighted by Crippen LogP contribution is 2.36. The van der Waals surface area contributed by atoms with Gasteiger partial charge in [-0.3, -0.25) is 4.79 Å². The van der Waals surface area contributed by atoms with Gasteiger partial charge in [0.25, 0.3) is 0 Å². The number of hydrogen-bond acceptors (Lipinski definition) is 6. The second kappa shape index (κ2) is 8.38. The van der Waals surface area contributed by atoms with E-state index in [1.54, 1.807) is 24.3 Å². The van der Waals surface area contributed by atoms with Crippen molar-refractivity contribution in [2.45, 2.75) is 6.92 Å². The minimum absolute atomic E-state index is 0.255. The van der Waals surface area contributed by atoms with Crippen LogP contribution in [0.2, 0.25) is 0 Å². The molecule has 5 nitrogen and oxygen atoms in total. The fourth-order valence-electron chi connectivity index (χ4n) is 3.10. The summed E-state index contributed by atoms with van der Waals surface area (Å²) in [5, 5.41) is 0.711. The molecule has 0 amide bonds. The van der Waals surface area contributed by atoms with Crippen LogP contribution in [0.1, 0.15) is 25.6 Å². The molecule has 0 unspecified atom stereocenters. The van der Waals surface area contributed by atoms with E-state index in [2.05, 4.69) is 15.9 Å². The first-order chi connectivity index (χ1) is 14.4. The molecule has 150 valence electrons. The van der Waals surface area contributed by atoms with Crippen molar-refractivity contribution in [2.24, 2.45) is 0 Å².